The summed E-state index contributed by atoms with van der Waals surface area (Å²) in [5.41, 5.74) is 2.03. The number of nitrogens with one attached hydrogen (secondary N) is 2. The quantitative estimate of drug-likeness (QED) is 0.459. The second-order valence-corrected chi connectivity index (χ2v) is 10.6. The molecule has 2 N–H and O–H groups in total. The van der Waals surface area contributed by atoms with Gasteiger partial charge >= 0.3 is 0 Å². The molecular formula is C20H22N4O4S3. The third-order valence-corrected chi connectivity index (χ3v) is 7.60. The first-order valence-corrected chi connectivity index (χ1v) is 12.6. The van der Waals surface area contributed by atoms with Crippen molar-refractivity contribution >= 4 is 49.6 Å². The number of sulfonamides is 1. The van der Waals surface area contributed by atoms with Gasteiger partial charge in [-0.2, -0.15) is 11.3 Å². The lowest BCUT2D eigenvalue weighted by molar-refractivity contribution is -0.116. The zero-order valence-corrected chi connectivity index (χ0v) is 19.4. The van der Waals surface area contributed by atoms with Crippen molar-refractivity contribution in [3.05, 3.63) is 52.0 Å². The predicted octanol–water partition coefficient (Wildman–Crippen LogP) is 3.27. The Kier molecular flexibility index (Phi) is 7.55. The van der Waals surface area contributed by atoms with Gasteiger partial charge in [0.05, 0.1) is 10.6 Å². The molecule has 0 bridgehead atoms. The number of rotatable bonds is 9. The van der Waals surface area contributed by atoms with E-state index in [-0.39, 0.29) is 23.1 Å². The van der Waals surface area contributed by atoms with Gasteiger partial charge in [-0.25, -0.2) is 17.7 Å². The number of hydrogen-bond acceptors (Lipinski definition) is 7. The van der Waals surface area contributed by atoms with Crippen LogP contribution < -0.4 is 10.6 Å². The fourth-order valence-electron chi connectivity index (χ4n) is 2.60. The summed E-state index contributed by atoms with van der Waals surface area (Å²) in [7, 11) is -0.518. The van der Waals surface area contributed by atoms with Crippen LogP contribution in [0.4, 0.5) is 5.13 Å². The van der Waals surface area contributed by atoms with Gasteiger partial charge in [-0.3, -0.25) is 9.59 Å². The van der Waals surface area contributed by atoms with Gasteiger partial charge in [0.25, 0.3) is 5.91 Å². The van der Waals surface area contributed by atoms with Gasteiger partial charge in [-0.1, -0.05) is 12.1 Å². The molecule has 0 radical (unpaired) electrons. The number of aromatic nitrogens is 1. The van der Waals surface area contributed by atoms with Crippen LogP contribution in [0.2, 0.25) is 0 Å². The topological polar surface area (TPSA) is 108 Å². The number of hydrogen-bond donors (Lipinski definition) is 2. The van der Waals surface area contributed by atoms with Crippen LogP contribution in [-0.2, 0) is 14.8 Å². The molecule has 3 aromatic rings. The van der Waals surface area contributed by atoms with Crippen molar-refractivity contribution in [3.8, 4) is 11.3 Å². The maximum absolute atomic E-state index is 12.2. The maximum atomic E-state index is 12.2. The number of thiophene rings is 1. The Balaban J connectivity index is 1.49. The predicted molar refractivity (Wildman–Crippen MR) is 123 cm³/mol. The summed E-state index contributed by atoms with van der Waals surface area (Å²) < 4.78 is 25.5. The van der Waals surface area contributed by atoms with Crippen molar-refractivity contribution in [1.82, 2.24) is 14.6 Å². The Labute approximate surface area is 189 Å². The van der Waals surface area contributed by atoms with Gasteiger partial charge in [-0.05, 0) is 30.0 Å². The van der Waals surface area contributed by atoms with Gasteiger partial charge in [0.1, 0.15) is 0 Å². The summed E-state index contributed by atoms with van der Waals surface area (Å²) >= 11 is 2.75. The van der Waals surface area contributed by atoms with Gasteiger partial charge in [0.2, 0.25) is 15.9 Å². The molecule has 1 aromatic carbocycles. The third-order valence-electron chi connectivity index (χ3n) is 4.33. The summed E-state index contributed by atoms with van der Waals surface area (Å²) in [6, 6.07) is 8.20. The molecule has 2 aromatic heterocycles. The first-order chi connectivity index (χ1) is 14.8. The lowest BCUT2D eigenvalue weighted by atomic mass is 10.2. The number of carbonyl (C=O) groups is 2. The maximum Gasteiger partial charge on any atom is 0.252 e. The van der Waals surface area contributed by atoms with Crippen LogP contribution in [0.15, 0.2) is 51.4 Å². The first-order valence-electron chi connectivity index (χ1n) is 9.36. The van der Waals surface area contributed by atoms with Crippen molar-refractivity contribution in [3.63, 3.8) is 0 Å². The minimum atomic E-state index is -3.48. The van der Waals surface area contributed by atoms with Crippen LogP contribution in [0.3, 0.4) is 0 Å². The Morgan fingerprint density at radius 2 is 1.84 bits per heavy atom. The Morgan fingerprint density at radius 3 is 2.48 bits per heavy atom. The fourth-order valence-corrected chi connectivity index (χ4v) is 4.87. The average molecular weight is 479 g/mol. The summed E-state index contributed by atoms with van der Waals surface area (Å²) in [5, 5.41) is 11.4. The van der Waals surface area contributed by atoms with Crippen molar-refractivity contribution in [1.29, 1.82) is 0 Å². The van der Waals surface area contributed by atoms with E-state index in [2.05, 4.69) is 15.6 Å². The highest BCUT2D eigenvalue weighted by molar-refractivity contribution is 7.89. The molecule has 0 saturated carbocycles. The van der Waals surface area contributed by atoms with E-state index in [1.54, 1.807) is 29.0 Å². The van der Waals surface area contributed by atoms with E-state index in [0.29, 0.717) is 29.4 Å². The molecule has 2 heterocycles. The minimum absolute atomic E-state index is 0.143. The van der Waals surface area contributed by atoms with Crippen molar-refractivity contribution < 1.29 is 18.0 Å². The van der Waals surface area contributed by atoms with Gasteiger partial charge in [0, 0.05) is 48.9 Å². The Hall–Kier alpha value is -2.60. The molecule has 3 rings (SSSR count). The molecule has 11 heteroatoms. The van der Waals surface area contributed by atoms with Crippen LogP contribution in [0.25, 0.3) is 11.3 Å². The Morgan fingerprint density at radius 1 is 1.10 bits per heavy atom. The van der Waals surface area contributed by atoms with E-state index >= 15 is 0 Å². The number of nitrogens with zero attached hydrogens (tertiary/aromatic N) is 2. The Bertz CT molecular complexity index is 1140. The molecule has 0 fully saturated rings. The summed E-state index contributed by atoms with van der Waals surface area (Å²) in [6.45, 7) is 0.410. The standard InChI is InChI=1S/C20H22N4O4S3/c1-24(2)31(27,28)16-7-5-14(6-8-16)17-13-30-20(22-17)23-18(25)4-3-10-21-19(26)15-9-11-29-12-15/h5-9,11-13H,3-4,10H2,1-2H3,(H,21,26)(H,22,23,25). The largest absolute Gasteiger partial charge is 0.352 e. The molecule has 8 nitrogen and oxygen atoms in total. The van der Waals surface area contributed by atoms with E-state index < -0.39 is 10.0 Å². The number of thiazole rings is 1. The average Bonchev–Trinajstić information content (AvgIpc) is 3.43. The molecule has 0 unspecified atom stereocenters. The van der Waals surface area contributed by atoms with E-state index in [9.17, 15) is 18.0 Å². The van der Waals surface area contributed by atoms with Crippen LogP contribution in [-0.4, -0.2) is 50.2 Å². The normalized spacial score (nSPS) is 11.5. The molecule has 0 aliphatic heterocycles. The molecule has 0 aliphatic rings. The molecule has 2 amide bonds. The highest BCUT2D eigenvalue weighted by Gasteiger charge is 2.17. The lowest BCUT2D eigenvalue weighted by Gasteiger charge is -2.11. The van der Waals surface area contributed by atoms with Crippen molar-refractivity contribution in [2.75, 3.05) is 26.0 Å². The second kappa shape index (κ2) is 10.1. The van der Waals surface area contributed by atoms with Crippen LogP contribution in [0, 0.1) is 0 Å². The van der Waals surface area contributed by atoms with Crippen LogP contribution in [0.5, 0.6) is 0 Å². The fraction of sp³-hybridized carbons (Fsp3) is 0.250. The molecule has 0 spiro atoms. The lowest BCUT2D eigenvalue weighted by Crippen LogP contribution is -2.25. The summed E-state index contributed by atoms with van der Waals surface area (Å²) in [5.74, 6) is -0.325. The van der Waals surface area contributed by atoms with Gasteiger partial charge in [0.15, 0.2) is 5.13 Å². The highest BCUT2D eigenvalue weighted by atomic mass is 32.2. The van der Waals surface area contributed by atoms with E-state index in [1.807, 2.05) is 5.38 Å². The smallest absolute Gasteiger partial charge is 0.252 e. The summed E-state index contributed by atoms with van der Waals surface area (Å²) in [4.78, 5) is 28.6. The molecular weight excluding hydrogens is 456 g/mol. The molecule has 0 aliphatic carbocycles. The number of carbonyl (C=O) groups excluding carboxylic acids is 2. The van der Waals surface area contributed by atoms with Crippen LogP contribution in [0.1, 0.15) is 23.2 Å². The number of benzene rings is 1. The van der Waals surface area contributed by atoms with Crippen molar-refractivity contribution in [2.45, 2.75) is 17.7 Å². The second-order valence-electron chi connectivity index (χ2n) is 6.77. The van der Waals surface area contributed by atoms with E-state index in [0.717, 1.165) is 9.87 Å². The molecule has 0 atom stereocenters. The molecule has 0 saturated heterocycles. The highest BCUT2D eigenvalue weighted by Crippen LogP contribution is 2.26. The SMILES string of the molecule is CN(C)S(=O)(=O)c1ccc(-c2csc(NC(=O)CCCNC(=O)c3ccsc3)n2)cc1. The van der Waals surface area contributed by atoms with Crippen molar-refractivity contribution in [2.24, 2.45) is 0 Å². The molecule has 31 heavy (non-hydrogen) atoms. The van der Waals surface area contributed by atoms with E-state index in [4.69, 9.17) is 0 Å². The zero-order chi connectivity index (χ0) is 22.4. The zero-order valence-electron chi connectivity index (χ0n) is 17.0. The van der Waals surface area contributed by atoms with Gasteiger partial charge < -0.3 is 10.6 Å². The first kappa shape index (κ1) is 23.1. The van der Waals surface area contributed by atoms with Crippen LogP contribution >= 0.6 is 22.7 Å². The van der Waals surface area contributed by atoms with Gasteiger partial charge in [-0.15, -0.1) is 11.3 Å². The summed E-state index contributed by atoms with van der Waals surface area (Å²) in [6.07, 6.45) is 0.775. The number of anilines is 1. The number of amides is 2. The molecule has 164 valence electrons. The minimum Gasteiger partial charge on any atom is -0.352 e. The van der Waals surface area contributed by atoms with E-state index in [1.165, 1.54) is 48.9 Å². The monoisotopic (exact) mass is 478 g/mol. The third kappa shape index (κ3) is 5.97.